The first-order chi connectivity index (χ1) is 20.2. The monoisotopic (exact) mass is 625 g/mol. The first-order valence-electron chi connectivity index (χ1n) is 13.1. The molecule has 238 valence electrons. The molecule has 2 N–H and O–H groups in total. The normalized spacial score (nSPS) is 16.2. The zero-order valence-electron chi connectivity index (χ0n) is 23.1. The fourth-order valence-corrected chi connectivity index (χ4v) is 4.32. The average molecular weight is 626 g/mol. The number of piperidine rings is 1. The van der Waals surface area contributed by atoms with Gasteiger partial charge in [0.2, 0.25) is 0 Å². The van der Waals surface area contributed by atoms with Crippen LogP contribution < -0.4 is 15.0 Å². The highest BCUT2D eigenvalue weighted by Crippen LogP contribution is 2.30. The Labute approximate surface area is 241 Å². The fourth-order valence-electron chi connectivity index (χ4n) is 4.32. The summed E-state index contributed by atoms with van der Waals surface area (Å²) < 4.78 is 95.7. The quantitative estimate of drug-likeness (QED) is 0.420. The van der Waals surface area contributed by atoms with Crippen molar-refractivity contribution < 1.29 is 54.9 Å². The van der Waals surface area contributed by atoms with Gasteiger partial charge in [0.05, 0.1) is 24.5 Å². The molecule has 0 spiro atoms. The summed E-state index contributed by atoms with van der Waals surface area (Å²) in [5.74, 6) is -3.68. The number of benzene rings is 1. The number of rotatable bonds is 8. The number of anilines is 2. The van der Waals surface area contributed by atoms with Crippen LogP contribution in [0.2, 0.25) is 0 Å². The molecule has 2 aliphatic rings. The number of halogens is 7. The Morgan fingerprint density at radius 2 is 1.77 bits per heavy atom. The Morgan fingerprint density at radius 1 is 1.12 bits per heavy atom. The predicted molar refractivity (Wildman–Crippen MR) is 138 cm³/mol. The van der Waals surface area contributed by atoms with Crippen molar-refractivity contribution in [3.63, 3.8) is 0 Å². The lowest BCUT2D eigenvalue weighted by molar-refractivity contribution is -0.192. The molecule has 43 heavy (non-hydrogen) atoms. The Hall–Kier alpha value is -3.89. The largest absolute Gasteiger partial charge is 0.490 e. The molecule has 2 aliphatic heterocycles. The number of carbonyl (C=O) groups is 2. The van der Waals surface area contributed by atoms with Crippen LogP contribution in [0.25, 0.3) is 0 Å². The number of amides is 1. The number of methoxy groups -OCH3 is 1. The zero-order chi connectivity index (χ0) is 31.9. The molecular formula is C26H30F7N5O5. The number of nitrogens with one attached hydrogen (secondary N) is 1. The van der Waals surface area contributed by atoms with Gasteiger partial charge in [0.25, 0.3) is 12.3 Å². The third-order valence-electron chi connectivity index (χ3n) is 6.60. The molecule has 1 saturated heterocycles. The molecule has 1 fully saturated rings. The number of nitrogens with zero attached hydrogens (tertiary/aromatic N) is 4. The van der Waals surface area contributed by atoms with E-state index in [1.165, 1.54) is 13.2 Å². The molecule has 0 bridgehead atoms. The molecule has 1 amide bonds. The molecule has 1 aromatic carbocycles. The Kier molecular flexibility index (Phi) is 11.4. The number of aliphatic carboxylic acids is 1. The van der Waals surface area contributed by atoms with Crippen LogP contribution >= 0.6 is 0 Å². The van der Waals surface area contributed by atoms with Crippen molar-refractivity contribution in [3.05, 3.63) is 41.2 Å². The first kappa shape index (κ1) is 33.6. The van der Waals surface area contributed by atoms with Crippen molar-refractivity contribution in [1.29, 1.82) is 0 Å². The minimum atomic E-state index is -5.08. The molecule has 1 aromatic heterocycles. The van der Waals surface area contributed by atoms with Crippen molar-refractivity contribution in [3.8, 4) is 5.75 Å². The molecule has 1 atom stereocenters. The Bertz CT molecular complexity index is 1280. The summed E-state index contributed by atoms with van der Waals surface area (Å²) in [4.78, 5) is 34.3. The number of ether oxygens (including phenoxy) is 2. The minimum absolute atomic E-state index is 0.00963. The summed E-state index contributed by atoms with van der Waals surface area (Å²) >= 11 is 0. The lowest BCUT2D eigenvalue weighted by Crippen LogP contribution is -2.43. The van der Waals surface area contributed by atoms with Gasteiger partial charge in [0.1, 0.15) is 18.0 Å². The van der Waals surface area contributed by atoms with E-state index in [9.17, 15) is 35.5 Å². The molecule has 0 radical (unpaired) electrons. The molecule has 3 heterocycles. The van der Waals surface area contributed by atoms with Gasteiger partial charge in [-0.1, -0.05) is 0 Å². The number of hydrogen-bond donors (Lipinski definition) is 2. The van der Waals surface area contributed by atoms with Crippen LogP contribution in [-0.2, 0) is 27.3 Å². The van der Waals surface area contributed by atoms with Gasteiger partial charge in [-0.25, -0.2) is 32.3 Å². The molecule has 0 unspecified atom stereocenters. The van der Waals surface area contributed by atoms with E-state index < -0.39 is 42.9 Å². The average Bonchev–Trinajstić information content (AvgIpc) is 2.96. The lowest BCUT2D eigenvalue weighted by Gasteiger charge is -2.35. The number of carboxylic acid groups (broad SMARTS) is 1. The van der Waals surface area contributed by atoms with Gasteiger partial charge < -0.3 is 29.7 Å². The number of carboxylic acids is 1. The Morgan fingerprint density at radius 3 is 2.33 bits per heavy atom. The highest BCUT2D eigenvalue weighted by atomic mass is 19.4. The third-order valence-corrected chi connectivity index (χ3v) is 6.60. The van der Waals surface area contributed by atoms with E-state index in [1.54, 1.807) is 11.8 Å². The molecule has 2 aromatic rings. The summed E-state index contributed by atoms with van der Waals surface area (Å²) in [6.45, 7) is 2.72. The summed E-state index contributed by atoms with van der Waals surface area (Å²) in [6, 6.07) is 3.18. The predicted octanol–water partition coefficient (Wildman–Crippen LogP) is 4.03. The highest BCUT2D eigenvalue weighted by molar-refractivity contribution is 5.80. The number of aromatic nitrogens is 2. The van der Waals surface area contributed by atoms with Crippen LogP contribution in [0.3, 0.4) is 0 Å². The fraction of sp³-hybridized carbons (Fsp3) is 0.538. The maximum atomic E-state index is 14.0. The second-order valence-electron chi connectivity index (χ2n) is 9.63. The van der Waals surface area contributed by atoms with Crippen molar-refractivity contribution >= 4 is 23.5 Å². The van der Waals surface area contributed by atoms with E-state index >= 15 is 0 Å². The second-order valence-corrected chi connectivity index (χ2v) is 9.63. The smallest absolute Gasteiger partial charge is 0.487 e. The maximum Gasteiger partial charge on any atom is 0.490 e. The standard InChI is InChI=1S/C24H29F4N5O3.C2HF3O2/c1-14(35-2)24(34)33-10-7-18-19(13-33)30-22(29-12-21(27)28)23(31-18)32-8-5-16(6-9-32)36-20-4-3-15(25)11-17(20)26;3-2(4,5)1(6)7/h3-4,11,14,16,21H,5-10,12-13H2,1-2H3,(H,29,30);(H,6,7)/t14-;/m0./s1. The summed E-state index contributed by atoms with van der Waals surface area (Å²) in [5, 5.41) is 9.82. The van der Waals surface area contributed by atoms with Gasteiger partial charge in [-0.3, -0.25) is 4.79 Å². The van der Waals surface area contributed by atoms with Gasteiger partial charge in [0.15, 0.2) is 23.2 Å². The van der Waals surface area contributed by atoms with Crippen LogP contribution in [0.5, 0.6) is 5.75 Å². The van der Waals surface area contributed by atoms with Crippen molar-refractivity contribution in [2.75, 3.05) is 43.5 Å². The SMILES string of the molecule is CO[C@@H](C)C(=O)N1CCc2nc(N3CCC(Oc4ccc(F)cc4F)CC3)c(NCC(F)F)nc2C1.O=C(O)C(F)(F)F. The molecule has 0 aliphatic carbocycles. The molecule has 4 rings (SSSR count). The van der Waals surface area contributed by atoms with Crippen LogP contribution in [0.15, 0.2) is 18.2 Å². The highest BCUT2D eigenvalue weighted by Gasteiger charge is 2.38. The van der Waals surface area contributed by atoms with Gasteiger partial charge in [-0.05, 0) is 19.1 Å². The molecular weight excluding hydrogens is 595 g/mol. The van der Waals surface area contributed by atoms with Crippen molar-refractivity contribution in [2.45, 2.75) is 57.5 Å². The zero-order valence-corrected chi connectivity index (χ0v) is 23.1. The second kappa shape index (κ2) is 14.5. The van der Waals surface area contributed by atoms with Gasteiger partial charge in [0, 0.05) is 52.1 Å². The van der Waals surface area contributed by atoms with E-state index in [-0.39, 0.29) is 30.1 Å². The van der Waals surface area contributed by atoms with Gasteiger partial charge in [-0.15, -0.1) is 0 Å². The number of hydrogen-bond acceptors (Lipinski definition) is 8. The number of carbonyl (C=O) groups excluding carboxylic acids is 1. The van der Waals surface area contributed by atoms with Gasteiger partial charge in [-0.2, -0.15) is 13.2 Å². The minimum Gasteiger partial charge on any atom is -0.487 e. The maximum absolute atomic E-state index is 14.0. The summed E-state index contributed by atoms with van der Waals surface area (Å²) in [7, 11) is 1.46. The third kappa shape index (κ3) is 9.30. The first-order valence-corrected chi connectivity index (χ1v) is 13.1. The van der Waals surface area contributed by atoms with Crippen LogP contribution in [-0.4, -0.2) is 89.9 Å². The lowest BCUT2D eigenvalue weighted by atomic mass is 10.1. The summed E-state index contributed by atoms with van der Waals surface area (Å²) in [6.07, 6.45) is -7.01. The van der Waals surface area contributed by atoms with Crippen LogP contribution in [0.4, 0.5) is 42.4 Å². The van der Waals surface area contributed by atoms with E-state index in [1.807, 2.05) is 4.90 Å². The Balaban J connectivity index is 0.000000646. The molecule has 0 saturated carbocycles. The molecule has 10 nitrogen and oxygen atoms in total. The van der Waals surface area contributed by atoms with Crippen molar-refractivity contribution in [2.24, 2.45) is 0 Å². The van der Waals surface area contributed by atoms with E-state index in [2.05, 4.69) is 10.3 Å². The van der Waals surface area contributed by atoms with E-state index in [0.717, 1.165) is 12.1 Å². The van der Waals surface area contributed by atoms with Gasteiger partial charge >= 0.3 is 12.1 Å². The van der Waals surface area contributed by atoms with E-state index in [0.29, 0.717) is 56.1 Å². The topological polar surface area (TPSA) is 117 Å². The number of alkyl halides is 5. The summed E-state index contributed by atoms with van der Waals surface area (Å²) in [5.41, 5.74) is 1.27. The molecule has 17 heteroatoms. The van der Waals surface area contributed by atoms with E-state index in [4.69, 9.17) is 24.4 Å². The van der Waals surface area contributed by atoms with Crippen LogP contribution in [0.1, 0.15) is 31.2 Å². The number of fused-ring (bicyclic) bond motifs is 1. The van der Waals surface area contributed by atoms with Crippen molar-refractivity contribution in [1.82, 2.24) is 14.9 Å². The van der Waals surface area contributed by atoms with Crippen LogP contribution in [0, 0.1) is 11.6 Å².